The van der Waals surface area contributed by atoms with Gasteiger partial charge in [0.25, 0.3) is 0 Å². The molecule has 3 aliphatic rings. The highest BCUT2D eigenvalue weighted by Gasteiger charge is 2.37. The lowest BCUT2D eigenvalue weighted by Gasteiger charge is -2.42. The van der Waals surface area contributed by atoms with Crippen molar-refractivity contribution in [3.8, 4) is 0 Å². The van der Waals surface area contributed by atoms with E-state index in [4.69, 9.17) is 4.74 Å². The van der Waals surface area contributed by atoms with Gasteiger partial charge in [0.15, 0.2) is 0 Å². The number of carbonyl (C=O) groups is 1. The normalized spacial score (nSPS) is 28.2. The zero-order chi connectivity index (χ0) is 16.4. The lowest BCUT2D eigenvalue weighted by molar-refractivity contribution is -0.134. The third kappa shape index (κ3) is 3.78. The second-order valence-corrected chi connectivity index (χ2v) is 7.51. The Morgan fingerprint density at radius 1 is 1.29 bits per heavy atom. The molecule has 5 heteroatoms. The van der Waals surface area contributed by atoms with E-state index < -0.39 is 0 Å². The molecule has 3 heterocycles. The average Bonchev–Trinajstić information content (AvgIpc) is 3.43. The van der Waals surface area contributed by atoms with Crippen molar-refractivity contribution in [3.05, 3.63) is 30.1 Å². The molecule has 0 unspecified atom stereocenters. The summed E-state index contributed by atoms with van der Waals surface area (Å²) in [6.45, 7) is 5.21. The zero-order valence-electron chi connectivity index (χ0n) is 14.3. The Bertz CT molecular complexity index is 561. The van der Waals surface area contributed by atoms with Gasteiger partial charge in [-0.05, 0) is 36.8 Å². The van der Waals surface area contributed by atoms with E-state index in [9.17, 15) is 4.79 Å². The molecule has 130 valence electrons. The maximum atomic E-state index is 12.4. The van der Waals surface area contributed by atoms with Crippen LogP contribution >= 0.6 is 0 Å². The van der Waals surface area contributed by atoms with Gasteiger partial charge in [0.05, 0.1) is 13.2 Å². The Kier molecular flexibility index (Phi) is 4.81. The van der Waals surface area contributed by atoms with Crippen LogP contribution in [0.15, 0.2) is 24.5 Å². The fourth-order valence-electron chi connectivity index (χ4n) is 4.09. The van der Waals surface area contributed by atoms with Crippen molar-refractivity contribution in [1.29, 1.82) is 0 Å². The summed E-state index contributed by atoms with van der Waals surface area (Å²) in [7, 11) is 0. The topological polar surface area (TPSA) is 45.7 Å². The molecule has 2 saturated heterocycles. The Labute approximate surface area is 144 Å². The maximum Gasteiger partial charge on any atom is 0.222 e. The van der Waals surface area contributed by atoms with E-state index in [2.05, 4.69) is 20.9 Å². The number of amides is 1. The van der Waals surface area contributed by atoms with Crippen LogP contribution in [0.3, 0.4) is 0 Å². The Morgan fingerprint density at radius 2 is 2.21 bits per heavy atom. The van der Waals surface area contributed by atoms with Gasteiger partial charge in [0, 0.05) is 57.0 Å². The minimum atomic E-state index is 0.360. The van der Waals surface area contributed by atoms with Gasteiger partial charge < -0.3 is 9.64 Å². The second-order valence-electron chi connectivity index (χ2n) is 7.51. The number of hydrogen-bond acceptors (Lipinski definition) is 4. The standard InChI is InChI=1S/C19H27N3O2/c23-19(10-15-3-4-15)22-7-5-18-17(13-22)14-24-9-8-21(18)12-16-2-1-6-20-11-16/h1-2,6,11,15,17-18H,3-5,7-10,12-14H2/t17-,18-/m1/s1. The molecule has 4 rings (SSSR count). The predicted octanol–water partition coefficient (Wildman–Crippen LogP) is 1.93. The highest BCUT2D eigenvalue weighted by atomic mass is 16.5. The summed E-state index contributed by atoms with van der Waals surface area (Å²) in [5.41, 5.74) is 1.25. The van der Waals surface area contributed by atoms with Crippen LogP contribution in [0, 0.1) is 11.8 Å². The Morgan fingerprint density at radius 3 is 3.00 bits per heavy atom. The first-order chi connectivity index (χ1) is 11.8. The minimum absolute atomic E-state index is 0.360. The van der Waals surface area contributed by atoms with Crippen molar-refractivity contribution in [3.63, 3.8) is 0 Å². The molecule has 1 saturated carbocycles. The summed E-state index contributed by atoms with van der Waals surface area (Å²) >= 11 is 0. The van der Waals surface area contributed by atoms with Crippen molar-refractivity contribution in [2.45, 2.75) is 38.3 Å². The molecule has 1 aliphatic carbocycles. The van der Waals surface area contributed by atoms with Gasteiger partial charge in [-0.15, -0.1) is 0 Å². The number of nitrogens with zero attached hydrogens (tertiary/aromatic N) is 3. The number of hydrogen-bond donors (Lipinski definition) is 0. The van der Waals surface area contributed by atoms with Crippen molar-refractivity contribution in [2.75, 3.05) is 32.8 Å². The molecule has 5 nitrogen and oxygen atoms in total. The van der Waals surface area contributed by atoms with Crippen LogP contribution in [0.4, 0.5) is 0 Å². The van der Waals surface area contributed by atoms with Gasteiger partial charge in [0.1, 0.15) is 0 Å². The van der Waals surface area contributed by atoms with Gasteiger partial charge in [0.2, 0.25) is 5.91 Å². The number of rotatable bonds is 4. The molecule has 0 aromatic carbocycles. The first-order valence-corrected chi connectivity index (χ1v) is 9.28. The third-order valence-electron chi connectivity index (χ3n) is 5.64. The highest BCUT2D eigenvalue weighted by molar-refractivity contribution is 5.76. The summed E-state index contributed by atoms with van der Waals surface area (Å²) < 4.78 is 5.86. The molecule has 0 N–H and O–H groups in total. The van der Waals surface area contributed by atoms with Gasteiger partial charge in [-0.3, -0.25) is 14.7 Å². The smallest absolute Gasteiger partial charge is 0.222 e. The van der Waals surface area contributed by atoms with E-state index in [1.807, 2.05) is 18.5 Å². The Hall–Kier alpha value is -1.46. The summed E-state index contributed by atoms with van der Waals surface area (Å²) in [4.78, 5) is 21.3. The van der Waals surface area contributed by atoms with Crippen LogP contribution in [0.5, 0.6) is 0 Å². The van der Waals surface area contributed by atoms with Crippen LogP contribution in [0.25, 0.3) is 0 Å². The minimum Gasteiger partial charge on any atom is -0.380 e. The van der Waals surface area contributed by atoms with E-state index in [-0.39, 0.29) is 0 Å². The first-order valence-electron chi connectivity index (χ1n) is 9.28. The third-order valence-corrected chi connectivity index (χ3v) is 5.64. The van der Waals surface area contributed by atoms with Crippen LogP contribution in [0.2, 0.25) is 0 Å². The van der Waals surface area contributed by atoms with Crippen LogP contribution < -0.4 is 0 Å². The molecule has 24 heavy (non-hydrogen) atoms. The van der Waals surface area contributed by atoms with Crippen LogP contribution in [0.1, 0.15) is 31.2 Å². The van der Waals surface area contributed by atoms with Crippen molar-refractivity contribution in [2.24, 2.45) is 11.8 Å². The number of piperidine rings is 1. The molecule has 0 radical (unpaired) electrons. The summed E-state index contributed by atoms with van der Waals surface area (Å²) in [5, 5.41) is 0. The molecule has 1 aromatic rings. The lowest BCUT2D eigenvalue weighted by atomic mass is 9.91. The number of aromatic nitrogens is 1. The fourth-order valence-corrected chi connectivity index (χ4v) is 4.09. The van der Waals surface area contributed by atoms with Gasteiger partial charge in [-0.25, -0.2) is 0 Å². The molecule has 1 aromatic heterocycles. The summed E-state index contributed by atoms with van der Waals surface area (Å²) in [5.74, 6) is 1.46. The van der Waals surface area contributed by atoms with E-state index in [1.165, 1.54) is 18.4 Å². The molecule has 2 aliphatic heterocycles. The van der Waals surface area contributed by atoms with E-state index in [1.54, 1.807) is 0 Å². The lowest BCUT2D eigenvalue weighted by Crippen LogP contribution is -2.52. The molecular formula is C19H27N3O2. The predicted molar refractivity (Wildman–Crippen MR) is 91.3 cm³/mol. The van der Waals surface area contributed by atoms with Crippen molar-refractivity contribution in [1.82, 2.24) is 14.8 Å². The summed E-state index contributed by atoms with van der Waals surface area (Å²) in [6, 6.07) is 4.65. The quantitative estimate of drug-likeness (QED) is 0.847. The maximum absolute atomic E-state index is 12.4. The molecule has 0 spiro atoms. The molecular weight excluding hydrogens is 302 g/mol. The SMILES string of the molecule is O=C(CC1CC1)N1CC[C@@H]2[C@@H](COCCN2Cc2cccnc2)C1. The highest BCUT2D eigenvalue weighted by Crippen LogP contribution is 2.34. The molecule has 1 amide bonds. The molecule has 0 bridgehead atoms. The van der Waals surface area contributed by atoms with Gasteiger partial charge in [-0.1, -0.05) is 6.07 Å². The zero-order valence-corrected chi connectivity index (χ0v) is 14.3. The van der Waals surface area contributed by atoms with Gasteiger partial charge >= 0.3 is 0 Å². The number of fused-ring (bicyclic) bond motifs is 1. The van der Waals surface area contributed by atoms with Crippen LogP contribution in [-0.4, -0.2) is 59.6 Å². The number of pyridine rings is 1. The molecule has 3 fully saturated rings. The number of ether oxygens (including phenoxy) is 1. The molecule has 2 atom stereocenters. The monoisotopic (exact) mass is 329 g/mol. The van der Waals surface area contributed by atoms with E-state index in [0.29, 0.717) is 23.8 Å². The second kappa shape index (κ2) is 7.19. The number of likely N-dealkylation sites (tertiary alicyclic amines) is 1. The number of carbonyl (C=O) groups excluding carboxylic acids is 1. The van der Waals surface area contributed by atoms with E-state index >= 15 is 0 Å². The largest absolute Gasteiger partial charge is 0.380 e. The first kappa shape index (κ1) is 16.0. The average molecular weight is 329 g/mol. The van der Waals surface area contributed by atoms with Crippen molar-refractivity contribution < 1.29 is 9.53 Å². The van der Waals surface area contributed by atoms with Gasteiger partial charge in [-0.2, -0.15) is 0 Å². The fraction of sp³-hybridized carbons (Fsp3) is 0.684. The Balaban J connectivity index is 1.40. The van der Waals surface area contributed by atoms with Crippen molar-refractivity contribution >= 4 is 5.91 Å². The van der Waals surface area contributed by atoms with Crippen LogP contribution in [-0.2, 0) is 16.1 Å². The van der Waals surface area contributed by atoms with E-state index in [0.717, 1.165) is 52.2 Å². The summed E-state index contributed by atoms with van der Waals surface area (Å²) in [6.07, 6.45) is 8.08.